The van der Waals surface area contributed by atoms with Crippen molar-refractivity contribution in [2.45, 2.75) is 6.54 Å². The Balaban J connectivity index is 3.13. The van der Waals surface area contributed by atoms with Crippen LogP contribution < -0.4 is 15.0 Å². The van der Waals surface area contributed by atoms with Crippen LogP contribution in [0.4, 0.5) is 0 Å². The Bertz CT molecular complexity index is 317. The summed E-state index contributed by atoms with van der Waals surface area (Å²) in [5.41, 5.74) is 2.90. The highest BCUT2D eigenvalue weighted by Gasteiger charge is 2.09. The lowest BCUT2D eigenvalue weighted by atomic mass is 10.2. The second kappa shape index (κ2) is 5.19. The van der Waals surface area contributed by atoms with E-state index in [1.807, 2.05) is 0 Å². The van der Waals surface area contributed by atoms with Crippen molar-refractivity contribution < 1.29 is 14.7 Å². The van der Waals surface area contributed by atoms with E-state index < -0.39 is 0 Å². The van der Waals surface area contributed by atoms with E-state index in [0.717, 1.165) is 10.0 Å². The summed E-state index contributed by atoms with van der Waals surface area (Å²) >= 11 is 3.35. The number of rotatable bonds is 4. The molecule has 78 valence electrons. The molecule has 1 aromatic carbocycles. The van der Waals surface area contributed by atoms with Gasteiger partial charge in [-0.1, -0.05) is 0 Å². The van der Waals surface area contributed by atoms with Gasteiger partial charge in [0.15, 0.2) is 0 Å². The maximum absolute atomic E-state index is 8.63. The molecule has 14 heavy (non-hydrogen) atoms. The highest BCUT2D eigenvalue weighted by atomic mass is 79.9. The quantitative estimate of drug-likeness (QED) is 0.814. The van der Waals surface area contributed by atoms with Gasteiger partial charge in [-0.25, -0.2) is 5.48 Å². The Labute approximate surface area is 90.9 Å². The highest BCUT2D eigenvalue weighted by Crippen LogP contribution is 2.33. The van der Waals surface area contributed by atoms with Crippen LogP contribution in [0.15, 0.2) is 16.6 Å². The van der Waals surface area contributed by atoms with Crippen LogP contribution in [0.2, 0.25) is 0 Å². The molecular weight excluding hydrogens is 250 g/mol. The summed E-state index contributed by atoms with van der Waals surface area (Å²) in [6.07, 6.45) is 0. The van der Waals surface area contributed by atoms with Crippen molar-refractivity contribution in [2.24, 2.45) is 0 Å². The van der Waals surface area contributed by atoms with Crippen LogP contribution in [0, 0.1) is 0 Å². The lowest BCUT2D eigenvalue weighted by Crippen LogP contribution is -2.08. The zero-order valence-electron chi connectivity index (χ0n) is 8.00. The Hall–Kier alpha value is -0.780. The van der Waals surface area contributed by atoms with E-state index in [9.17, 15) is 0 Å². The summed E-state index contributed by atoms with van der Waals surface area (Å²) in [6.45, 7) is 0.305. The Morgan fingerprint density at radius 2 is 2.07 bits per heavy atom. The van der Waals surface area contributed by atoms with Crippen molar-refractivity contribution >= 4 is 15.9 Å². The minimum atomic E-state index is 0.305. The SMILES string of the molecule is COc1cc(Br)c(OC)c(CNO)c1. The molecule has 0 radical (unpaired) electrons. The molecule has 5 heteroatoms. The molecule has 1 rings (SSSR count). The third kappa shape index (κ3) is 2.37. The van der Waals surface area contributed by atoms with E-state index in [1.165, 1.54) is 0 Å². The van der Waals surface area contributed by atoms with Gasteiger partial charge < -0.3 is 14.7 Å². The van der Waals surface area contributed by atoms with Crippen molar-refractivity contribution in [3.05, 3.63) is 22.2 Å². The van der Waals surface area contributed by atoms with E-state index >= 15 is 0 Å². The Morgan fingerprint density at radius 3 is 2.57 bits per heavy atom. The largest absolute Gasteiger partial charge is 0.497 e. The average Bonchev–Trinajstić information content (AvgIpc) is 2.18. The highest BCUT2D eigenvalue weighted by molar-refractivity contribution is 9.10. The molecule has 0 aromatic heterocycles. The van der Waals surface area contributed by atoms with Gasteiger partial charge in [-0.2, -0.15) is 0 Å². The summed E-state index contributed by atoms with van der Waals surface area (Å²) in [4.78, 5) is 0. The predicted octanol–water partition coefficient (Wildman–Crippen LogP) is 1.95. The number of halogens is 1. The van der Waals surface area contributed by atoms with E-state index in [4.69, 9.17) is 14.7 Å². The van der Waals surface area contributed by atoms with Crippen LogP contribution in [-0.4, -0.2) is 19.4 Å². The minimum absolute atomic E-state index is 0.305. The van der Waals surface area contributed by atoms with Crippen LogP contribution in [0.1, 0.15) is 5.56 Å². The lowest BCUT2D eigenvalue weighted by Gasteiger charge is -2.11. The van der Waals surface area contributed by atoms with Crippen molar-refractivity contribution in [1.29, 1.82) is 0 Å². The lowest BCUT2D eigenvalue weighted by molar-refractivity contribution is 0.160. The first kappa shape index (κ1) is 11.3. The molecule has 1 aromatic rings. The topological polar surface area (TPSA) is 50.7 Å². The third-order valence-electron chi connectivity index (χ3n) is 1.80. The average molecular weight is 262 g/mol. The molecule has 0 amide bonds. The molecule has 0 saturated heterocycles. The van der Waals surface area contributed by atoms with Crippen LogP contribution in [-0.2, 0) is 6.54 Å². The van der Waals surface area contributed by atoms with Crippen LogP contribution in [0.5, 0.6) is 11.5 Å². The Kier molecular flexibility index (Phi) is 4.19. The maximum atomic E-state index is 8.63. The molecule has 0 aliphatic rings. The van der Waals surface area contributed by atoms with Crippen molar-refractivity contribution in [3.8, 4) is 11.5 Å². The van der Waals surface area contributed by atoms with Gasteiger partial charge in [-0.15, -0.1) is 0 Å². The third-order valence-corrected chi connectivity index (χ3v) is 2.39. The van der Waals surface area contributed by atoms with Crippen LogP contribution in [0.25, 0.3) is 0 Å². The number of hydrogen-bond donors (Lipinski definition) is 2. The summed E-state index contributed by atoms with van der Waals surface area (Å²) in [5.74, 6) is 1.40. The number of benzene rings is 1. The van der Waals surface area contributed by atoms with Gasteiger partial charge in [0.25, 0.3) is 0 Å². The minimum Gasteiger partial charge on any atom is -0.497 e. The molecule has 0 heterocycles. The van der Waals surface area contributed by atoms with Crippen LogP contribution in [0.3, 0.4) is 0 Å². The van der Waals surface area contributed by atoms with Gasteiger partial charge in [0, 0.05) is 12.1 Å². The number of ether oxygens (including phenoxy) is 2. The van der Waals surface area contributed by atoms with Gasteiger partial charge in [0.2, 0.25) is 0 Å². The molecule has 2 N–H and O–H groups in total. The first-order chi connectivity index (χ1) is 6.72. The fourth-order valence-electron chi connectivity index (χ4n) is 1.19. The number of hydrogen-bond acceptors (Lipinski definition) is 4. The Morgan fingerprint density at radius 1 is 1.36 bits per heavy atom. The molecule has 0 aliphatic heterocycles. The van der Waals surface area contributed by atoms with E-state index in [-0.39, 0.29) is 0 Å². The normalized spacial score (nSPS) is 10.0. The van der Waals surface area contributed by atoms with Gasteiger partial charge in [-0.3, -0.25) is 0 Å². The standard InChI is InChI=1S/C9H12BrNO3/c1-13-7-3-6(5-11-12)9(14-2)8(10)4-7/h3-4,11-12H,5H2,1-2H3. The first-order valence-electron chi connectivity index (χ1n) is 4.00. The second-order valence-electron chi connectivity index (χ2n) is 2.64. The first-order valence-corrected chi connectivity index (χ1v) is 4.79. The van der Waals surface area contributed by atoms with Gasteiger partial charge in [0.1, 0.15) is 11.5 Å². The second-order valence-corrected chi connectivity index (χ2v) is 3.49. The summed E-state index contributed by atoms with van der Waals surface area (Å²) < 4.78 is 11.1. The molecule has 0 unspecified atom stereocenters. The van der Waals surface area contributed by atoms with Crippen molar-refractivity contribution in [1.82, 2.24) is 5.48 Å². The molecule has 0 atom stereocenters. The van der Waals surface area contributed by atoms with Gasteiger partial charge in [-0.05, 0) is 28.1 Å². The summed E-state index contributed by atoms with van der Waals surface area (Å²) in [5, 5.41) is 8.63. The van der Waals surface area contributed by atoms with E-state index in [1.54, 1.807) is 26.4 Å². The van der Waals surface area contributed by atoms with Crippen molar-refractivity contribution in [3.63, 3.8) is 0 Å². The number of nitrogens with one attached hydrogen (secondary N) is 1. The number of methoxy groups -OCH3 is 2. The molecule has 0 fully saturated rings. The zero-order valence-corrected chi connectivity index (χ0v) is 9.59. The fourth-order valence-corrected chi connectivity index (χ4v) is 1.83. The fraction of sp³-hybridized carbons (Fsp3) is 0.333. The van der Waals surface area contributed by atoms with Crippen LogP contribution >= 0.6 is 15.9 Å². The van der Waals surface area contributed by atoms with E-state index in [0.29, 0.717) is 18.0 Å². The van der Waals surface area contributed by atoms with E-state index in [2.05, 4.69) is 21.4 Å². The molecule has 0 saturated carbocycles. The molecule has 0 aliphatic carbocycles. The molecule has 0 spiro atoms. The maximum Gasteiger partial charge on any atom is 0.137 e. The predicted molar refractivity (Wildman–Crippen MR) is 55.9 cm³/mol. The smallest absolute Gasteiger partial charge is 0.137 e. The monoisotopic (exact) mass is 261 g/mol. The molecule has 4 nitrogen and oxygen atoms in total. The molecule has 0 bridgehead atoms. The zero-order chi connectivity index (χ0) is 10.6. The van der Waals surface area contributed by atoms with Gasteiger partial charge in [0.05, 0.1) is 18.7 Å². The van der Waals surface area contributed by atoms with Crippen molar-refractivity contribution in [2.75, 3.05) is 14.2 Å². The molecular formula is C9H12BrNO3. The summed E-state index contributed by atoms with van der Waals surface area (Å²) in [6, 6.07) is 3.60. The van der Waals surface area contributed by atoms with Gasteiger partial charge >= 0.3 is 0 Å². The summed E-state index contributed by atoms with van der Waals surface area (Å²) in [7, 11) is 3.16. The number of hydroxylamine groups is 1.